The Kier molecular flexibility index (Phi) is 3.06. The zero-order valence-electron chi connectivity index (χ0n) is 15.5. The highest BCUT2D eigenvalue weighted by Gasteiger charge is 2.47. The van der Waals surface area contributed by atoms with Crippen LogP contribution < -0.4 is 14.8 Å². The second kappa shape index (κ2) is 5.13. The number of aromatic nitrogens is 1. The lowest BCUT2D eigenvalue weighted by molar-refractivity contribution is 0.412. The molecule has 2 unspecified atom stereocenters. The van der Waals surface area contributed by atoms with Crippen molar-refractivity contribution in [2.45, 2.75) is 31.7 Å². The summed E-state index contributed by atoms with van der Waals surface area (Å²) in [4.78, 5) is 4.90. The topological polar surface area (TPSA) is 43.4 Å². The molecule has 2 heterocycles. The molecule has 0 amide bonds. The maximum Gasteiger partial charge on any atom is 0.119 e. The van der Waals surface area contributed by atoms with Crippen molar-refractivity contribution < 1.29 is 9.47 Å². The number of fused-ring (bicyclic) bond motifs is 9. The molecular formula is C22H22N2O2. The van der Waals surface area contributed by atoms with Crippen molar-refractivity contribution in [3.05, 3.63) is 58.8 Å². The van der Waals surface area contributed by atoms with Gasteiger partial charge in [-0.3, -0.25) is 4.98 Å². The molecule has 1 aliphatic carbocycles. The molecule has 0 fully saturated rings. The highest BCUT2D eigenvalue weighted by molar-refractivity contribution is 5.89. The Bertz CT molecular complexity index is 1060. The van der Waals surface area contributed by atoms with Gasteiger partial charge in [0.05, 0.1) is 25.3 Å². The molecule has 1 aromatic heterocycles. The third-order valence-corrected chi connectivity index (χ3v) is 5.97. The lowest BCUT2D eigenvalue weighted by atomic mass is 9.84. The maximum absolute atomic E-state index is 5.49. The van der Waals surface area contributed by atoms with Crippen LogP contribution in [0.3, 0.4) is 0 Å². The van der Waals surface area contributed by atoms with Gasteiger partial charge < -0.3 is 14.8 Å². The van der Waals surface area contributed by atoms with Gasteiger partial charge in [0, 0.05) is 28.2 Å². The third-order valence-electron chi connectivity index (χ3n) is 5.97. The summed E-state index contributed by atoms with van der Waals surface area (Å²) in [6, 6.07) is 12.5. The van der Waals surface area contributed by atoms with E-state index in [0.29, 0.717) is 5.92 Å². The van der Waals surface area contributed by atoms with Gasteiger partial charge in [0.1, 0.15) is 11.5 Å². The van der Waals surface area contributed by atoms with Crippen molar-refractivity contribution in [2.24, 2.45) is 0 Å². The summed E-state index contributed by atoms with van der Waals surface area (Å²) < 4.78 is 11.0. The van der Waals surface area contributed by atoms with Crippen LogP contribution in [0.1, 0.15) is 41.6 Å². The van der Waals surface area contributed by atoms with Gasteiger partial charge >= 0.3 is 0 Å². The molecule has 0 saturated heterocycles. The van der Waals surface area contributed by atoms with Crippen molar-refractivity contribution in [1.29, 1.82) is 0 Å². The van der Waals surface area contributed by atoms with E-state index in [2.05, 4.69) is 43.4 Å². The minimum Gasteiger partial charge on any atom is -0.497 e. The molecule has 0 radical (unpaired) electrons. The second-order valence-corrected chi connectivity index (χ2v) is 7.54. The summed E-state index contributed by atoms with van der Waals surface area (Å²) in [5.74, 6) is 2.10. The Labute approximate surface area is 153 Å². The zero-order chi connectivity index (χ0) is 18.1. The van der Waals surface area contributed by atoms with Gasteiger partial charge in [-0.05, 0) is 67.8 Å². The van der Waals surface area contributed by atoms with Crippen LogP contribution >= 0.6 is 0 Å². The molecule has 4 nitrogen and oxygen atoms in total. The number of rotatable bonds is 2. The lowest BCUT2D eigenvalue weighted by Crippen LogP contribution is -2.33. The number of hydrogen-bond acceptors (Lipinski definition) is 4. The Morgan fingerprint density at radius 2 is 1.81 bits per heavy atom. The number of aryl methyl sites for hydroxylation is 1. The largest absolute Gasteiger partial charge is 0.497 e. The van der Waals surface area contributed by atoms with E-state index in [0.717, 1.165) is 29.1 Å². The molecule has 2 bridgehead atoms. The van der Waals surface area contributed by atoms with E-state index in [4.69, 9.17) is 14.5 Å². The number of benzene rings is 2. The van der Waals surface area contributed by atoms with Gasteiger partial charge in [0.25, 0.3) is 0 Å². The van der Waals surface area contributed by atoms with E-state index in [9.17, 15) is 0 Å². The number of nitrogens with zero attached hydrogens (tertiary/aromatic N) is 1. The van der Waals surface area contributed by atoms with Gasteiger partial charge in [-0.2, -0.15) is 0 Å². The van der Waals surface area contributed by atoms with Crippen LogP contribution in [0.4, 0.5) is 5.69 Å². The fourth-order valence-electron chi connectivity index (χ4n) is 4.94. The van der Waals surface area contributed by atoms with Crippen LogP contribution in [0.5, 0.6) is 11.5 Å². The first-order chi connectivity index (χ1) is 12.5. The molecule has 2 aliphatic rings. The van der Waals surface area contributed by atoms with Crippen LogP contribution in [0, 0.1) is 6.92 Å². The first-order valence-electron chi connectivity index (χ1n) is 8.99. The van der Waals surface area contributed by atoms with E-state index in [1.165, 1.54) is 27.8 Å². The normalized spacial score (nSPS) is 22.5. The first kappa shape index (κ1) is 15.5. The van der Waals surface area contributed by atoms with Gasteiger partial charge in [0.2, 0.25) is 0 Å². The monoisotopic (exact) mass is 346 g/mol. The summed E-state index contributed by atoms with van der Waals surface area (Å²) in [5, 5.41) is 4.97. The summed E-state index contributed by atoms with van der Waals surface area (Å²) in [6.07, 6.45) is 1.03. The van der Waals surface area contributed by atoms with Crippen molar-refractivity contribution in [3.8, 4) is 11.5 Å². The second-order valence-electron chi connectivity index (χ2n) is 7.54. The van der Waals surface area contributed by atoms with E-state index in [-0.39, 0.29) is 5.54 Å². The lowest BCUT2D eigenvalue weighted by Gasteiger charge is -2.34. The van der Waals surface area contributed by atoms with Gasteiger partial charge in [-0.1, -0.05) is 0 Å². The van der Waals surface area contributed by atoms with Crippen LogP contribution in [0.15, 0.2) is 36.4 Å². The molecule has 2 atom stereocenters. The average Bonchev–Trinajstić information content (AvgIpc) is 2.90. The van der Waals surface area contributed by atoms with Crippen molar-refractivity contribution >= 4 is 16.6 Å². The molecule has 4 heteroatoms. The van der Waals surface area contributed by atoms with E-state index >= 15 is 0 Å². The van der Waals surface area contributed by atoms with Crippen LogP contribution in [0.25, 0.3) is 10.9 Å². The molecule has 1 aliphatic heterocycles. The van der Waals surface area contributed by atoms with Gasteiger partial charge in [-0.25, -0.2) is 0 Å². The zero-order valence-corrected chi connectivity index (χ0v) is 15.5. The Morgan fingerprint density at radius 3 is 2.58 bits per heavy atom. The van der Waals surface area contributed by atoms with E-state index < -0.39 is 0 Å². The average molecular weight is 346 g/mol. The minimum absolute atomic E-state index is 0.101. The quantitative estimate of drug-likeness (QED) is 0.728. The highest BCUT2D eigenvalue weighted by Crippen LogP contribution is 2.57. The first-order valence-corrected chi connectivity index (χ1v) is 8.99. The van der Waals surface area contributed by atoms with E-state index in [1.54, 1.807) is 14.2 Å². The van der Waals surface area contributed by atoms with Crippen LogP contribution in [0.2, 0.25) is 0 Å². The number of pyridine rings is 1. The Balaban J connectivity index is 1.86. The molecule has 0 spiro atoms. The number of nitrogens with one attached hydrogen (secondary N) is 1. The molecule has 1 N–H and O–H groups in total. The molecule has 2 aromatic carbocycles. The van der Waals surface area contributed by atoms with Crippen LogP contribution in [-0.2, 0) is 5.54 Å². The number of hydrogen-bond donors (Lipinski definition) is 1. The molecule has 132 valence electrons. The number of methoxy groups -OCH3 is 2. The standard InChI is InChI=1S/C22H22N2O2/c1-12-21-20(16-10-14(26-4)5-7-18(16)23-12)17-11-22(21,2)24-19-8-6-13(25-3)9-15(17)19/h5-10,17,24H,11H2,1-4H3. The van der Waals surface area contributed by atoms with E-state index in [1.807, 2.05) is 12.1 Å². The van der Waals surface area contributed by atoms with Crippen molar-refractivity contribution in [3.63, 3.8) is 0 Å². The number of ether oxygens (including phenoxy) is 2. The molecular weight excluding hydrogens is 324 g/mol. The predicted molar refractivity (Wildman–Crippen MR) is 103 cm³/mol. The molecule has 0 saturated carbocycles. The Morgan fingerprint density at radius 1 is 1.08 bits per heavy atom. The molecule has 3 aromatic rings. The maximum atomic E-state index is 5.49. The smallest absolute Gasteiger partial charge is 0.119 e. The fraction of sp³-hybridized carbons (Fsp3) is 0.318. The SMILES string of the molecule is COc1ccc2c(c1)C1CC(C)(N2)c2c(C)nc3ccc(OC)cc3c21. The summed E-state index contributed by atoms with van der Waals surface area (Å²) >= 11 is 0. The molecule has 26 heavy (non-hydrogen) atoms. The fourth-order valence-corrected chi connectivity index (χ4v) is 4.94. The van der Waals surface area contributed by atoms with Gasteiger partial charge in [0.15, 0.2) is 0 Å². The highest BCUT2D eigenvalue weighted by atomic mass is 16.5. The van der Waals surface area contributed by atoms with Gasteiger partial charge in [-0.15, -0.1) is 0 Å². The third kappa shape index (κ3) is 1.93. The Hall–Kier alpha value is -2.75. The summed E-state index contributed by atoms with van der Waals surface area (Å²) in [6.45, 7) is 4.42. The summed E-state index contributed by atoms with van der Waals surface area (Å²) in [7, 11) is 3.43. The van der Waals surface area contributed by atoms with Crippen molar-refractivity contribution in [1.82, 2.24) is 4.98 Å². The summed E-state index contributed by atoms with van der Waals surface area (Å²) in [5.41, 5.74) is 7.24. The number of anilines is 1. The van der Waals surface area contributed by atoms with Crippen molar-refractivity contribution in [2.75, 3.05) is 19.5 Å². The molecule has 5 rings (SSSR count). The predicted octanol–water partition coefficient (Wildman–Crippen LogP) is 4.74. The van der Waals surface area contributed by atoms with Crippen LogP contribution in [-0.4, -0.2) is 19.2 Å². The minimum atomic E-state index is -0.101.